The van der Waals surface area contributed by atoms with E-state index in [0.717, 1.165) is 73.0 Å². The zero-order valence-corrected chi connectivity index (χ0v) is 71.1. The third-order valence-electron chi connectivity index (χ3n) is 15.3. The van der Waals surface area contributed by atoms with Gasteiger partial charge in [-0.05, 0) is 143 Å². The number of esters is 4. The van der Waals surface area contributed by atoms with E-state index in [9.17, 15) is 41.7 Å². The Balaban J connectivity index is 0.000000217. The van der Waals surface area contributed by atoms with E-state index in [4.69, 9.17) is 76.4 Å². The van der Waals surface area contributed by atoms with E-state index in [-0.39, 0.29) is 17.4 Å². The standard InChI is InChI=1S/C18H19N3O5.C14H12ClN3O.C14H13N3O2.C11H13N3O.C7H16O3.C6H4ClN3.C6H8O4.C2HF3O.Cl3OP/c1-18(2)25-16(22)14(17(23)26-18)10-19-15-8-9-20-21(15)11-12-4-6-13(24-3)7-5-12;1-19-11-4-2-10(3-5-11)9-18-14-12(8-17-18)13(15)6-7-16-14;1-19-11-4-2-10(3-5-11)9-17-14-12(8-16-17)13(18)6-7-15-14;1-15-10-4-2-9(3-5-10)8-14-11(12)6-7-13-14;1-4-8-7(9-5-2)10-6-3;7-5-1-2-8-6-4(5)3-9-10-6;1-6(2)9-4(7)3-5(8)10-6;3-2(4,5)1-6;1-5(2,3)4/h4-10,19H,11H2,1-3H3;2-8H,9H2,1H3;2-8H,9H2,1H3,(H,15,18);2-7H,8,12H2,1H3;7H,4-6H2,1-3H3;1-3H,(H,8,9,10);3H2,1-2H3;1H;. The van der Waals surface area contributed by atoms with Gasteiger partial charge in [0.05, 0.1) is 112 Å². The third kappa shape index (κ3) is 33.7. The van der Waals surface area contributed by atoms with Crippen LogP contribution in [0.1, 0.15) is 77.1 Å². The van der Waals surface area contributed by atoms with Gasteiger partial charge in [-0.25, -0.2) is 38.3 Å². The molecule has 0 saturated carbocycles. The second-order valence-electron chi connectivity index (χ2n) is 25.0. The lowest BCUT2D eigenvalue weighted by Crippen LogP contribution is -2.42. The molecule has 0 radical (unpaired) electrons. The maximum Gasteiger partial charge on any atom is 0.446 e. The molecule has 0 bridgehead atoms. The molecular weight excluding hydrogens is 1700 g/mol. The topological polar surface area (TPSA) is 401 Å². The summed E-state index contributed by atoms with van der Waals surface area (Å²) in [5, 5.41) is 26.8. The normalized spacial score (nSPS) is 12.9. The van der Waals surface area contributed by atoms with Crippen molar-refractivity contribution in [1.29, 1.82) is 0 Å². The number of fused-ring (bicyclic) bond motifs is 3. The first kappa shape index (κ1) is 97.2. The zero-order valence-electron chi connectivity index (χ0n) is 66.4. The molecule has 4 aromatic carbocycles. The molecule has 0 aliphatic carbocycles. The molecule has 10 heterocycles. The van der Waals surface area contributed by atoms with Gasteiger partial charge in [0, 0.05) is 84.4 Å². The van der Waals surface area contributed by atoms with Gasteiger partial charge < -0.3 is 68.1 Å². The number of nitrogens with one attached hydrogen (secondary N) is 3. The second-order valence-corrected chi connectivity index (χ2v) is 32.4. The van der Waals surface area contributed by atoms with Gasteiger partial charge in [-0.1, -0.05) is 71.7 Å². The van der Waals surface area contributed by atoms with Gasteiger partial charge in [-0.3, -0.25) is 28.8 Å². The Hall–Kier alpha value is -11.6. The lowest BCUT2D eigenvalue weighted by atomic mass is 10.2. The van der Waals surface area contributed by atoms with Crippen molar-refractivity contribution >= 4 is 137 Å². The van der Waals surface area contributed by atoms with Crippen LogP contribution in [0.3, 0.4) is 0 Å². The number of cyclic esters (lactones) is 4. The van der Waals surface area contributed by atoms with Crippen molar-refractivity contribution in [3.05, 3.63) is 231 Å². The number of nitrogens with zero attached hydrogens (tertiary/aromatic N) is 11. The highest BCUT2D eigenvalue weighted by atomic mass is 36.0. The van der Waals surface area contributed by atoms with Gasteiger partial charge in [0.2, 0.25) is 6.29 Å². The Kier molecular flexibility index (Phi) is 38.8. The number of aromatic amines is 2. The number of pyridine rings is 3. The van der Waals surface area contributed by atoms with E-state index in [0.29, 0.717) is 73.1 Å². The van der Waals surface area contributed by atoms with Crippen LogP contribution in [-0.2, 0) is 87.9 Å². The lowest BCUT2D eigenvalue weighted by Gasteiger charge is -2.29. The fourth-order valence-corrected chi connectivity index (χ4v) is 10.3. The first-order valence-electron chi connectivity index (χ1n) is 35.7. The summed E-state index contributed by atoms with van der Waals surface area (Å²) in [6.07, 6.45) is 8.56. The minimum Gasteiger partial charge on any atom is -0.497 e. The number of carbonyl (C=O) groups is 5. The molecule has 2 aliphatic rings. The number of alkyl halides is 3. The smallest absolute Gasteiger partial charge is 0.446 e. The number of benzene rings is 4. The molecule has 33 nitrogen and oxygen atoms in total. The molecule has 8 aromatic heterocycles. The van der Waals surface area contributed by atoms with Gasteiger partial charge in [-0.15, -0.1) is 0 Å². The average molecular weight is 1790 g/mol. The summed E-state index contributed by atoms with van der Waals surface area (Å²) in [6, 6.07) is 39.6. The molecule has 2 aliphatic heterocycles. The Morgan fingerprint density at radius 3 is 1.39 bits per heavy atom. The van der Waals surface area contributed by atoms with Crippen molar-refractivity contribution in [2.75, 3.05) is 59.3 Å². The SMILES string of the molecule is CC1(C)OC(=O)CC(=O)O1.CCOC(OCC)OCC.COc1ccc(Cn2ncc3c(=O)cc[nH]c32)cc1.COc1ccc(Cn2ncc3c(Cl)ccnc32)cc1.COc1ccc(Cn2nccc2N)cc1.COc1ccc(Cn2nccc2NC=C2C(=O)OC(C)(C)OC2=O)cc1.Clc1ccnc2[nH]ncc12.O=CC(F)(F)F.O=P(Cl)(Cl)Cl. The van der Waals surface area contributed by atoms with E-state index in [1.165, 1.54) is 40.0 Å². The molecule has 120 heavy (non-hydrogen) atoms. The van der Waals surface area contributed by atoms with Gasteiger partial charge in [0.1, 0.15) is 46.7 Å². The molecule has 2 fully saturated rings. The van der Waals surface area contributed by atoms with Crippen LogP contribution < -0.4 is 35.4 Å². The number of hydrogen-bond donors (Lipinski definition) is 4. The van der Waals surface area contributed by atoms with Crippen LogP contribution in [0.4, 0.5) is 24.8 Å². The van der Waals surface area contributed by atoms with E-state index < -0.39 is 59.6 Å². The van der Waals surface area contributed by atoms with Gasteiger partial charge in [0.25, 0.3) is 18.1 Å². The molecule has 0 atom stereocenters. The Bertz CT molecular complexity index is 5310. The van der Waals surface area contributed by atoms with Crippen molar-refractivity contribution in [1.82, 2.24) is 64.3 Å². The van der Waals surface area contributed by atoms with Crippen LogP contribution in [-0.4, -0.2) is 167 Å². The fourth-order valence-electron chi connectivity index (χ4n) is 9.91. The Labute approximate surface area is 709 Å². The van der Waals surface area contributed by atoms with Crippen LogP contribution in [0.15, 0.2) is 194 Å². The molecule has 2 saturated heterocycles. The number of halogens is 8. The maximum absolute atomic E-state index is 12.0. The highest BCUT2D eigenvalue weighted by molar-refractivity contribution is 8.24. The summed E-state index contributed by atoms with van der Waals surface area (Å²) in [6.45, 7) is 15.6. The van der Waals surface area contributed by atoms with Crippen molar-refractivity contribution in [3.63, 3.8) is 0 Å². The quantitative estimate of drug-likeness (QED) is 0.0105. The predicted octanol–water partition coefficient (Wildman–Crippen LogP) is 15.3. The minimum atomic E-state index is -4.64. The van der Waals surface area contributed by atoms with Gasteiger partial charge >= 0.3 is 35.3 Å². The number of aldehydes is 1. The molecule has 0 unspecified atom stereocenters. The van der Waals surface area contributed by atoms with Crippen LogP contribution in [0.5, 0.6) is 23.0 Å². The summed E-state index contributed by atoms with van der Waals surface area (Å²) in [5.41, 5.74) is 12.1. The van der Waals surface area contributed by atoms with Crippen molar-refractivity contribution in [3.8, 4) is 23.0 Å². The minimum absolute atomic E-state index is 0.0188. The average Bonchev–Trinajstić information content (AvgIpc) is 1.70. The van der Waals surface area contributed by atoms with Crippen molar-refractivity contribution in [2.45, 2.75) is 105 Å². The highest BCUT2D eigenvalue weighted by Gasteiger charge is 2.39. The number of hydrogen-bond acceptors (Lipinski definition) is 27. The molecule has 5 N–H and O–H groups in total. The fraction of sp³-hybridized carbons (Fsp3) is 0.295. The van der Waals surface area contributed by atoms with Crippen LogP contribution in [0, 0.1) is 0 Å². The molecule has 0 amide bonds. The first-order valence-corrected chi connectivity index (χ1v) is 40.9. The van der Waals surface area contributed by atoms with E-state index >= 15 is 0 Å². The van der Waals surface area contributed by atoms with Crippen LogP contribution in [0.2, 0.25) is 10.0 Å². The maximum atomic E-state index is 12.0. The Morgan fingerprint density at radius 2 is 0.958 bits per heavy atom. The first-order chi connectivity index (χ1) is 57.0. The number of methoxy groups -OCH3 is 4. The van der Waals surface area contributed by atoms with Crippen LogP contribution >= 0.6 is 62.1 Å². The highest BCUT2D eigenvalue weighted by Crippen LogP contribution is 2.61. The number of rotatable bonds is 20. The predicted molar refractivity (Wildman–Crippen MR) is 444 cm³/mol. The number of ether oxygens (including phenoxy) is 11. The Morgan fingerprint density at radius 1 is 0.550 bits per heavy atom. The lowest BCUT2D eigenvalue weighted by molar-refractivity contribution is -0.282. The van der Waals surface area contributed by atoms with Crippen molar-refractivity contribution < 1.29 is 93.8 Å². The number of aromatic nitrogens is 13. The molecule has 0 spiro atoms. The largest absolute Gasteiger partial charge is 0.497 e. The summed E-state index contributed by atoms with van der Waals surface area (Å²) in [4.78, 5) is 76.8. The van der Waals surface area contributed by atoms with E-state index in [1.807, 2.05) is 123 Å². The number of anilines is 2. The summed E-state index contributed by atoms with van der Waals surface area (Å²) in [7, 11) is 6.56. The summed E-state index contributed by atoms with van der Waals surface area (Å²) < 4.78 is 103. The van der Waals surface area contributed by atoms with E-state index in [1.54, 1.807) is 116 Å². The number of H-pyrrole nitrogens is 2. The molecule has 14 rings (SSSR count). The summed E-state index contributed by atoms with van der Waals surface area (Å²) in [5.74, 6) is -0.292. The number of carbonyl (C=O) groups excluding carboxylic acids is 5. The summed E-state index contributed by atoms with van der Waals surface area (Å²) >= 11 is 25.8. The third-order valence-corrected chi connectivity index (χ3v) is 16.0. The monoisotopic (exact) mass is 1780 g/mol. The number of nitrogen functional groups attached to an aromatic ring is 1. The van der Waals surface area contributed by atoms with Crippen molar-refractivity contribution in [2.24, 2.45) is 0 Å². The van der Waals surface area contributed by atoms with E-state index in [2.05, 4.69) is 94.1 Å². The molecular formula is C78H86Cl5F3N15O18P. The second kappa shape index (κ2) is 47.9. The molecule has 42 heteroatoms. The van der Waals surface area contributed by atoms with Gasteiger partial charge in [0.15, 0.2) is 22.3 Å². The number of nitrogens with two attached hydrogens (primary N) is 1. The molecule has 642 valence electrons. The zero-order chi connectivity index (χ0) is 88.2. The van der Waals surface area contributed by atoms with Gasteiger partial charge in [-0.2, -0.15) is 38.7 Å². The van der Waals surface area contributed by atoms with Crippen LogP contribution in [0.25, 0.3) is 33.1 Å². The molecule has 12 aromatic rings.